The van der Waals surface area contributed by atoms with E-state index in [1.165, 1.54) is 16.9 Å². The lowest BCUT2D eigenvalue weighted by molar-refractivity contribution is 0.0475. The van der Waals surface area contributed by atoms with Gasteiger partial charge in [-0.05, 0) is 36.6 Å². The number of hydrogen-bond acceptors (Lipinski definition) is 5. The molecule has 4 nitrogen and oxygen atoms in total. The van der Waals surface area contributed by atoms with Crippen LogP contribution in [0.1, 0.15) is 46.0 Å². The van der Waals surface area contributed by atoms with Gasteiger partial charge >= 0.3 is 5.97 Å². The van der Waals surface area contributed by atoms with Crippen molar-refractivity contribution in [2.24, 2.45) is 0 Å². The smallest absolute Gasteiger partial charge is 0.338 e. The van der Waals surface area contributed by atoms with E-state index in [0.717, 1.165) is 29.5 Å². The molecule has 3 rings (SSSR count). The van der Waals surface area contributed by atoms with Crippen molar-refractivity contribution in [1.29, 1.82) is 0 Å². The molecule has 0 saturated heterocycles. The first kappa shape index (κ1) is 17.3. The first-order chi connectivity index (χ1) is 12.2. The number of hydrogen-bond donors (Lipinski definition) is 0. The molecule has 0 bridgehead atoms. The van der Waals surface area contributed by atoms with Crippen LogP contribution in [0.3, 0.4) is 0 Å². The molecular formula is C20H19NO3S. The maximum atomic E-state index is 12.2. The number of fused-ring (bicyclic) bond motifs is 1. The van der Waals surface area contributed by atoms with Gasteiger partial charge in [-0.1, -0.05) is 37.6 Å². The summed E-state index contributed by atoms with van der Waals surface area (Å²) in [6.45, 7) is 1.90. The minimum Gasteiger partial charge on any atom is -0.454 e. The van der Waals surface area contributed by atoms with E-state index in [1.807, 2.05) is 12.1 Å². The van der Waals surface area contributed by atoms with Crippen LogP contribution in [0.4, 0.5) is 0 Å². The van der Waals surface area contributed by atoms with Crippen molar-refractivity contribution in [3.05, 3.63) is 64.7 Å². The van der Waals surface area contributed by atoms with E-state index >= 15 is 0 Å². The van der Waals surface area contributed by atoms with Crippen LogP contribution < -0.4 is 0 Å². The minimum atomic E-state index is -0.497. The van der Waals surface area contributed by atoms with Gasteiger partial charge in [-0.25, -0.2) is 9.78 Å². The number of rotatable bonds is 7. The molecule has 0 radical (unpaired) electrons. The topological polar surface area (TPSA) is 56.3 Å². The van der Waals surface area contributed by atoms with E-state index in [0.29, 0.717) is 11.1 Å². The third-order valence-electron chi connectivity index (χ3n) is 4.00. The Bertz CT molecular complexity index is 883. The van der Waals surface area contributed by atoms with Gasteiger partial charge in [0.15, 0.2) is 12.4 Å². The van der Waals surface area contributed by atoms with Crippen molar-refractivity contribution in [2.45, 2.75) is 26.2 Å². The van der Waals surface area contributed by atoms with Crippen molar-refractivity contribution < 1.29 is 14.3 Å². The number of carbonyl (C=O) groups excluding carboxylic acids is 2. The van der Waals surface area contributed by atoms with Gasteiger partial charge in [-0.2, -0.15) is 0 Å². The number of benzene rings is 2. The Morgan fingerprint density at radius 2 is 1.84 bits per heavy atom. The van der Waals surface area contributed by atoms with E-state index in [9.17, 15) is 9.59 Å². The average molecular weight is 353 g/mol. The van der Waals surface area contributed by atoms with Crippen molar-refractivity contribution in [3.8, 4) is 0 Å². The molecule has 0 fully saturated rings. The number of unbranched alkanes of at least 4 members (excludes halogenated alkanes) is 1. The second-order valence-electron chi connectivity index (χ2n) is 5.83. The fourth-order valence-electron chi connectivity index (χ4n) is 2.52. The van der Waals surface area contributed by atoms with Gasteiger partial charge in [-0.3, -0.25) is 4.79 Å². The van der Waals surface area contributed by atoms with Gasteiger partial charge in [0.25, 0.3) is 0 Å². The SMILES string of the molecule is CCCCc1ccc(C(=O)COC(=O)c2ccc3ncsc3c2)cc1. The Morgan fingerprint density at radius 3 is 2.60 bits per heavy atom. The quantitative estimate of drug-likeness (QED) is 0.457. The Morgan fingerprint density at radius 1 is 1.08 bits per heavy atom. The third kappa shape index (κ3) is 4.31. The molecule has 25 heavy (non-hydrogen) atoms. The molecule has 0 aliphatic carbocycles. The number of ether oxygens (including phenoxy) is 1. The molecule has 1 aromatic heterocycles. The number of Topliss-reactive ketones (excluding diaryl/α,β-unsaturated/α-hetero) is 1. The van der Waals surface area contributed by atoms with E-state index in [-0.39, 0.29) is 12.4 Å². The number of aromatic nitrogens is 1. The molecule has 0 atom stereocenters. The molecule has 3 aromatic rings. The molecule has 0 aliphatic heterocycles. The number of nitrogens with zero attached hydrogens (tertiary/aromatic N) is 1. The van der Waals surface area contributed by atoms with Crippen LogP contribution in [0, 0.1) is 0 Å². The fourth-order valence-corrected chi connectivity index (χ4v) is 3.23. The van der Waals surface area contributed by atoms with Crippen molar-refractivity contribution in [3.63, 3.8) is 0 Å². The molecule has 0 aliphatic rings. The van der Waals surface area contributed by atoms with E-state index in [1.54, 1.807) is 35.8 Å². The molecule has 0 saturated carbocycles. The summed E-state index contributed by atoms with van der Waals surface area (Å²) in [6.07, 6.45) is 3.29. The molecule has 128 valence electrons. The molecule has 5 heteroatoms. The van der Waals surface area contributed by atoms with E-state index in [4.69, 9.17) is 4.74 Å². The minimum absolute atomic E-state index is 0.200. The standard InChI is InChI=1S/C20H19NO3S/c1-2-3-4-14-5-7-15(8-6-14)18(22)12-24-20(23)16-9-10-17-19(11-16)25-13-21-17/h5-11,13H,2-4,12H2,1H3. The Kier molecular flexibility index (Phi) is 5.56. The number of carbonyl (C=O) groups is 2. The van der Waals surface area contributed by atoms with Gasteiger partial charge in [0.05, 0.1) is 21.3 Å². The predicted octanol–water partition coefficient (Wildman–Crippen LogP) is 4.68. The monoisotopic (exact) mass is 353 g/mol. The molecular weight excluding hydrogens is 334 g/mol. The summed E-state index contributed by atoms with van der Waals surface area (Å²) in [6, 6.07) is 12.7. The molecule has 1 heterocycles. The number of aryl methyl sites for hydroxylation is 1. The lowest BCUT2D eigenvalue weighted by atomic mass is 10.0. The van der Waals surface area contributed by atoms with E-state index < -0.39 is 5.97 Å². The first-order valence-electron chi connectivity index (χ1n) is 8.30. The number of ketones is 1. The molecule has 0 unspecified atom stereocenters. The zero-order valence-electron chi connectivity index (χ0n) is 14.0. The van der Waals surface area contributed by atoms with Crippen LogP contribution in [-0.2, 0) is 11.2 Å². The van der Waals surface area contributed by atoms with Crippen LogP contribution in [0.25, 0.3) is 10.2 Å². The molecule has 0 spiro atoms. The highest BCUT2D eigenvalue weighted by Crippen LogP contribution is 2.19. The average Bonchev–Trinajstić information content (AvgIpc) is 3.12. The molecule has 2 aromatic carbocycles. The number of esters is 1. The summed E-state index contributed by atoms with van der Waals surface area (Å²) in [5.74, 6) is -0.697. The van der Waals surface area contributed by atoms with E-state index in [2.05, 4.69) is 11.9 Å². The highest BCUT2D eigenvalue weighted by Gasteiger charge is 2.13. The lowest BCUT2D eigenvalue weighted by Gasteiger charge is -2.06. The summed E-state index contributed by atoms with van der Waals surface area (Å²) >= 11 is 1.46. The Balaban J connectivity index is 1.58. The van der Waals surface area contributed by atoms with Crippen LogP contribution in [0.5, 0.6) is 0 Å². The fraction of sp³-hybridized carbons (Fsp3) is 0.250. The van der Waals surface area contributed by atoms with Gasteiger partial charge < -0.3 is 4.74 Å². The zero-order valence-corrected chi connectivity index (χ0v) is 14.8. The summed E-state index contributed by atoms with van der Waals surface area (Å²) in [5, 5.41) is 0. The van der Waals surface area contributed by atoms with Gasteiger partial charge in [0.2, 0.25) is 0 Å². The zero-order chi connectivity index (χ0) is 17.6. The van der Waals surface area contributed by atoms with Crippen LogP contribution >= 0.6 is 11.3 Å². The van der Waals surface area contributed by atoms with Gasteiger partial charge in [0, 0.05) is 5.56 Å². The van der Waals surface area contributed by atoms with Crippen molar-refractivity contribution >= 4 is 33.3 Å². The Labute approximate surface area is 150 Å². The van der Waals surface area contributed by atoms with Crippen LogP contribution in [0.15, 0.2) is 48.0 Å². The normalized spacial score (nSPS) is 10.8. The highest BCUT2D eigenvalue weighted by molar-refractivity contribution is 7.16. The Hall–Kier alpha value is -2.53. The van der Waals surface area contributed by atoms with Crippen molar-refractivity contribution in [1.82, 2.24) is 4.98 Å². The van der Waals surface area contributed by atoms with Crippen molar-refractivity contribution in [2.75, 3.05) is 6.61 Å². The molecule has 0 amide bonds. The lowest BCUT2D eigenvalue weighted by Crippen LogP contribution is -2.14. The largest absolute Gasteiger partial charge is 0.454 e. The van der Waals surface area contributed by atoms with Gasteiger partial charge in [-0.15, -0.1) is 11.3 Å². The summed E-state index contributed by atoms with van der Waals surface area (Å²) < 4.78 is 6.08. The second kappa shape index (κ2) is 8.03. The van der Waals surface area contributed by atoms with Crippen LogP contribution in [-0.4, -0.2) is 23.3 Å². The third-order valence-corrected chi connectivity index (χ3v) is 4.79. The summed E-state index contributed by atoms with van der Waals surface area (Å²) in [7, 11) is 0. The summed E-state index contributed by atoms with van der Waals surface area (Å²) in [4.78, 5) is 28.5. The highest BCUT2D eigenvalue weighted by atomic mass is 32.1. The summed E-state index contributed by atoms with van der Waals surface area (Å²) in [5.41, 5.74) is 4.78. The molecule has 0 N–H and O–H groups in total. The first-order valence-corrected chi connectivity index (χ1v) is 9.18. The van der Waals surface area contributed by atoms with Gasteiger partial charge in [0.1, 0.15) is 0 Å². The number of thiazole rings is 1. The predicted molar refractivity (Wildman–Crippen MR) is 99.3 cm³/mol. The second-order valence-corrected chi connectivity index (χ2v) is 6.72. The van der Waals surface area contributed by atoms with Crippen LogP contribution in [0.2, 0.25) is 0 Å². The maximum absolute atomic E-state index is 12.2. The maximum Gasteiger partial charge on any atom is 0.338 e.